The predicted molar refractivity (Wildman–Crippen MR) is 126 cm³/mol. The van der Waals surface area contributed by atoms with E-state index in [9.17, 15) is 17.6 Å². The minimum atomic E-state index is -3.40. The van der Waals surface area contributed by atoms with E-state index in [-0.39, 0.29) is 29.5 Å². The molecular formula is C24H35FN4O5S. The SMILES string of the molecule is CC(C)OC(=O)N1CCCC(NS(=O)(=O)C2CC2)C1COC1CCC2(c3ncc(F)cn3)CC2C1. The van der Waals surface area contributed by atoms with Gasteiger partial charge in [-0.1, -0.05) is 0 Å². The Morgan fingerprint density at radius 3 is 2.66 bits per heavy atom. The first kappa shape index (κ1) is 24.8. The molecule has 4 fully saturated rings. The van der Waals surface area contributed by atoms with E-state index >= 15 is 0 Å². The summed E-state index contributed by atoms with van der Waals surface area (Å²) in [7, 11) is -3.40. The zero-order chi connectivity index (χ0) is 24.8. The number of halogens is 1. The molecular weight excluding hydrogens is 475 g/mol. The third-order valence-electron chi connectivity index (χ3n) is 7.89. The Balaban J connectivity index is 1.24. The van der Waals surface area contributed by atoms with Gasteiger partial charge in [0, 0.05) is 18.0 Å². The molecule has 1 aromatic heterocycles. The Morgan fingerprint density at radius 2 is 2.00 bits per heavy atom. The molecule has 3 aliphatic carbocycles. The lowest BCUT2D eigenvalue weighted by Crippen LogP contribution is -2.59. The van der Waals surface area contributed by atoms with Gasteiger partial charge in [-0.15, -0.1) is 0 Å². The van der Waals surface area contributed by atoms with Crippen LogP contribution in [0.2, 0.25) is 0 Å². The highest BCUT2D eigenvalue weighted by Gasteiger charge is 2.60. The molecule has 0 aromatic carbocycles. The van der Waals surface area contributed by atoms with Crippen molar-refractivity contribution in [3.8, 4) is 0 Å². The van der Waals surface area contributed by atoms with Gasteiger partial charge in [0.15, 0.2) is 5.82 Å². The Bertz CT molecular complexity index is 1030. The van der Waals surface area contributed by atoms with Crippen molar-refractivity contribution in [2.75, 3.05) is 13.2 Å². The summed E-state index contributed by atoms with van der Waals surface area (Å²) in [6.45, 7) is 4.37. The number of sulfonamides is 1. The van der Waals surface area contributed by atoms with Gasteiger partial charge in [-0.3, -0.25) is 0 Å². The van der Waals surface area contributed by atoms with Crippen LogP contribution < -0.4 is 4.72 Å². The Hall–Kier alpha value is -1.85. The van der Waals surface area contributed by atoms with Crippen LogP contribution in [0.1, 0.15) is 71.0 Å². The van der Waals surface area contributed by atoms with E-state index in [1.807, 2.05) is 0 Å². The first-order valence-corrected chi connectivity index (χ1v) is 14.3. The van der Waals surface area contributed by atoms with Crippen LogP contribution in [-0.4, -0.2) is 72.1 Å². The number of amides is 1. The Kier molecular flexibility index (Phi) is 6.78. The zero-order valence-corrected chi connectivity index (χ0v) is 21.2. The van der Waals surface area contributed by atoms with Crippen LogP contribution in [-0.2, 0) is 24.9 Å². The highest BCUT2D eigenvalue weighted by atomic mass is 32.2. The lowest BCUT2D eigenvalue weighted by molar-refractivity contribution is -0.0308. The molecule has 0 bridgehead atoms. The molecule has 5 atom stereocenters. The lowest BCUT2D eigenvalue weighted by Gasteiger charge is -2.41. The molecule has 5 unspecified atom stereocenters. The average Bonchev–Trinajstić information content (AvgIpc) is 3.71. The molecule has 1 N–H and O–H groups in total. The van der Waals surface area contributed by atoms with Crippen molar-refractivity contribution in [2.45, 2.75) is 100 Å². The van der Waals surface area contributed by atoms with Crippen LogP contribution in [0.15, 0.2) is 12.4 Å². The van der Waals surface area contributed by atoms with Crippen molar-refractivity contribution in [1.82, 2.24) is 19.6 Å². The van der Waals surface area contributed by atoms with Crippen LogP contribution in [0.5, 0.6) is 0 Å². The Morgan fingerprint density at radius 1 is 1.26 bits per heavy atom. The number of likely N-dealkylation sites (tertiary alicyclic amines) is 1. The van der Waals surface area contributed by atoms with E-state index in [0.29, 0.717) is 44.0 Å². The fourth-order valence-electron chi connectivity index (χ4n) is 5.77. The number of piperidine rings is 1. The van der Waals surface area contributed by atoms with Gasteiger partial charge in [0.1, 0.15) is 5.82 Å². The fraction of sp³-hybridized carbons (Fsp3) is 0.792. The number of rotatable bonds is 8. The summed E-state index contributed by atoms with van der Waals surface area (Å²) in [5, 5.41) is -0.322. The van der Waals surface area contributed by atoms with Gasteiger partial charge in [0.2, 0.25) is 10.0 Å². The number of aromatic nitrogens is 2. The highest BCUT2D eigenvalue weighted by Crippen LogP contribution is 2.61. The van der Waals surface area contributed by atoms with Gasteiger partial charge in [-0.2, -0.15) is 0 Å². The van der Waals surface area contributed by atoms with Crippen molar-refractivity contribution in [3.63, 3.8) is 0 Å². The number of carbonyl (C=O) groups excluding carboxylic acids is 1. The number of hydrogen-bond acceptors (Lipinski definition) is 7. The van der Waals surface area contributed by atoms with Crippen molar-refractivity contribution in [3.05, 3.63) is 24.0 Å². The lowest BCUT2D eigenvalue weighted by atomic mass is 9.86. The third kappa shape index (κ3) is 5.32. The van der Waals surface area contributed by atoms with Gasteiger partial charge in [0.25, 0.3) is 0 Å². The first-order valence-electron chi connectivity index (χ1n) is 12.8. The van der Waals surface area contributed by atoms with Crippen molar-refractivity contribution in [2.24, 2.45) is 5.92 Å². The van der Waals surface area contributed by atoms with Gasteiger partial charge in [0.05, 0.1) is 42.5 Å². The molecule has 9 nitrogen and oxygen atoms in total. The normalized spacial score (nSPS) is 32.9. The summed E-state index contributed by atoms with van der Waals surface area (Å²) in [5.74, 6) is 0.676. The summed E-state index contributed by atoms with van der Waals surface area (Å²) in [4.78, 5) is 22.9. The number of nitrogens with zero attached hydrogens (tertiary/aromatic N) is 3. The zero-order valence-electron chi connectivity index (χ0n) is 20.4. The molecule has 35 heavy (non-hydrogen) atoms. The Labute approximate surface area is 206 Å². The number of fused-ring (bicyclic) bond motifs is 1. The van der Waals surface area contributed by atoms with Crippen molar-refractivity contribution >= 4 is 16.1 Å². The summed E-state index contributed by atoms with van der Waals surface area (Å²) in [5.41, 5.74) is -0.0755. The molecule has 1 amide bonds. The van der Waals surface area contributed by atoms with E-state index in [0.717, 1.165) is 25.7 Å². The van der Waals surface area contributed by atoms with Crippen molar-refractivity contribution in [1.29, 1.82) is 0 Å². The topological polar surface area (TPSA) is 111 Å². The number of nitrogens with one attached hydrogen (secondary N) is 1. The molecule has 4 aliphatic rings. The standard InChI is InChI=1S/C24H35FN4O5S/c1-15(2)34-23(30)29-9-3-4-20(28-35(31,32)19-5-6-19)21(29)14-33-18-7-8-24(11-16(24)10-18)22-26-12-17(25)13-27-22/h12-13,15-16,18-21,28H,3-11,14H2,1-2H3. The van der Waals surface area contributed by atoms with Crippen LogP contribution in [0.4, 0.5) is 9.18 Å². The third-order valence-corrected chi connectivity index (χ3v) is 9.87. The van der Waals surface area contributed by atoms with E-state index in [4.69, 9.17) is 9.47 Å². The summed E-state index contributed by atoms with van der Waals surface area (Å²) in [6.07, 6.45) is 8.02. The van der Waals surface area contributed by atoms with Gasteiger partial charge < -0.3 is 14.4 Å². The fourth-order valence-corrected chi connectivity index (χ4v) is 7.42. The van der Waals surface area contributed by atoms with Crippen LogP contribution >= 0.6 is 0 Å². The second-order valence-electron chi connectivity index (χ2n) is 10.8. The molecule has 1 aliphatic heterocycles. The second-order valence-corrected chi connectivity index (χ2v) is 12.8. The van der Waals surface area contributed by atoms with E-state index in [1.165, 1.54) is 12.4 Å². The maximum absolute atomic E-state index is 13.2. The van der Waals surface area contributed by atoms with E-state index < -0.39 is 34.0 Å². The molecule has 2 heterocycles. The molecule has 11 heteroatoms. The molecule has 5 rings (SSSR count). The molecule has 1 aromatic rings. The van der Waals surface area contributed by atoms with Crippen LogP contribution in [0.3, 0.4) is 0 Å². The van der Waals surface area contributed by atoms with E-state index in [2.05, 4.69) is 14.7 Å². The van der Waals surface area contributed by atoms with Gasteiger partial charge >= 0.3 is 6.09 Å². The molecule has 3 saturated carbocycles. The maximum atomic E-state index is 13.2. The summed E-state index contributed by atoms with van der Waals surface area (Å²) >= 11 is 0. The average molecular weight is 511 g/mol. The molecule has 1 saturated heterocycles. The van der Waals surface area contributed by atoms with Crippen LogP contribution in [0.25, 0.3) is 0 Å². The molecule has 0 spiro atoms. The van der Waals surface area contributed by atoms with Crippen molar-refractivity contribution < 1.29 is 27.1 Å². The predicted octanol–water partition coefficient (Wildman–Crippen LogP) is 2.90. The minimum absolute atomic E-state index is 0.0154. The first-order chi connectivity index (χ1) is 16.7. The summed E-state index contributed by atoms with van der Waals surface area (Å²) < 4.78 is 53.3. The summed E-state index contributed by atoms with van der Waals surface area (Å²) in [6, 6.07) is -0.819. The van der Waals surface area contributed by atoms with E-state index in [1.54, 1.807) is 18.7 Å². The highest BCUT2D eigenvalue weighted by molar-refractivity contribution is 7.90. The monoisotopic (exact) mass is 510 g/mol. The molecule has 0 radical (unpaired) electrons. The number of ether oxygens (including phenoxy) is 2. The van der Waals surface area contributed by atoms with Gasteiger partial charge in [-0.25, -0.2) is 32.3 Å². The maximum Gasteiger partial charge on any atom is 0.410 e. The van der Waals surface area contributed by atoms with Crippen LogP contribution in [0, 0.1) is 11.7 Å². The minimum Gasteiger partial charge on any atom is -0.447 e. The largest absolute Gasteiger partial charge is 0.447 e. The molecule has 194 valence electrons. The van der Waals surface area contributed by atoms with Gasteiger partial charge in [-0.05, 0) is 71.1 Å². The number of hydrogen-bond donors (Lipinski definition) is 1. The second kappa shape index (κ2) is 9.55. The number of carbonyl (C=O) groups is 1. The smallest absolute Gasteiger partial charge is 0.410 e. The quantitative estimate of drug-likeness (QED) is 0.572.